The van der Waals surface area contributed by atoms with Crippen molar-refractivity contribution in [3.8, 4) is 0 Å². The Balaban J connectivity index is 2.41. The Morgan fingerprint density at radius 1 is 1.00 bits per heavy atom. The highest BCUT2D eigenvalue weighted by molar-refractivity contribution is 7.92. The molecule has 110 valence electrons. The standard InChI is InChI=1S/C15H15NO4S/c1-10-3-6-12(7-4-10)21(19,20)16-14-8-5-11(2)9-13(14)15(17)18/h3-9,16H,1-2H3,(H,17,18). The van der Waals surface area contributed by atoms with Gasteiger partial charge in [0.05, 0.1) is 16.1 Å². The topological polar surface area (TPSA) is 83.5 Å². The van der Waals surface area contributed by atoms with E-state index in [0.717, 1.165) is 11.1 Å². The number of aryl methyl sites for hydroxylation is 2. The first-order valence-electron chi connectivity index (χ1n) is 6.23. The molecule has 0 fully saturated rings. The van der Waals surface area contributed by atoms with Crippen LogP contribution < -0.4 is 4.72 Å². The number of rotatable bonds is 4. The largest absolute Gasteiger partial charge is 0.478 e. The molecule has 0 saturated carbocycles. The molecule has 0 bridgehead atoms. The van der Waals surface area contributed by atoms with E-state index in [0.29, 0.717) is 0 Å². The third-order valence-electron chi connectivity index (χ3n) is 2.98. The molecule has 0 radical (unpaired) electrons. The summed E-state index contributed by atoms with van der Waals surface area (Å²) in [5.41, 5.74) is 1.65. The minimum absolute atomic E-state index is 0.0497. The summed E-state index contributed by atoms with van der Waals surface area (Å²) in [5.74, 6) is -1.18. The molecule has 0 unspecified atom stereocenters. The van der Waals surface area contributed by atoms with Gasteiger partial charge >= 0.3 is 5.97 Å². The van der Waals surface area contributed by atoms with Crippen LogP contribution in [0.4, 0.5) is 5.69 Å². The summed E-state index contributed by atoms with van der Waals surface area (Å²) in [6.07, 6.45) is 0. The normalized spacial score (nSPS) is 11.1. The summed E-state index contributed by atoms with van der Waals surface area (Å²) in [6.45, 7) is 3.59. The number of carbonyl (C=O) groups is 1. The molecule has 0 aliphatic rings. The molecule has 0 spiro atoms. The summed E-state index contributed by atoms with van der Waals surface area (Å²) < 4.78 is 26.9. The predicted octanol–water partition coefficient (Wildman–Crippen LogP) is 2.80. The van der Waals surface area contributed by atoms with Crippen LogP contribution >= 0.6 is 0 Å². The van der Waals surface area contributed by atoms with E-state index in [1.54, 1.807) is 25.1 Å². The van der Waals surface area contributed by atoms with Gasteiger partial charge in [0.25, 0.3) is 10.0 Å². The van der Waals surface area contributed by atoms with Crippen LogP contribution in [0, 0.1) is 13.8 Å². The number of nitrogens with one attached hydrogen (secondary N) is 1. The molecular formula is C15H15NO4S. The average molecular weight is 305 g/mol. The van der Waals surface area contributed by atoms with Crippen molar-refractivity contribution in [1.29, 1.82) is 0 Å². The van der Waals surface area contributed by atoms with Gasteiger partial charge in [0.1, 0.15) is 0 Å². The summed E-state index contributed by atoms with van der Waals surface area (Å²) in [5, 5.41) is 9.16. The number of carboxylic acid groups (broad SMARTS) is 1. The molecule has 2 aromatic rings. The fourth-order valence-electron chi connectivity index (χ4n) is 1.85. The van der Waals surface area contributed by atoms with Crippen molar-refractivity contribution in [2.45, 2.75) is 18.7 Å². The van der Waals surface area contributed by atoms with Gasteiger partial charge in [0.2, 0.25) is 0 Å². The number of anilines is 1. The van der Waals surface area contributed by atoms with E-state index in [1.165, 1.54) is 24.3 Å². The maximum absolute atomic E-state index is 12.3. The highest BCUT2D eigenvalue weighted by atomic mass is 32.2. The van der Waals surface area contributed by atoms with E-state index in [1.807, 2.05) is 6.92 Å². The zero-order valence-electron chi connectivity index (χ0n) is 11.6. The molecule has 0 aliphatic carbocycles. The van der Waals surface area contributed by atoms with Crippen molar-refractivity contribution in [3.05, 3.63) is 59.2 Å². The third-order valence-corrected chi connectivity index (χ3v) is 4.36. The van der Waals surface area contributed by atoms with Crippen molar-refractivity contribution in [2.24, 2.45) is 0 Å². The first-order chi connectivity index (χ1) is 9.79. The van der Waals surface area contributed by atoms with Gasteiger partial charge in [-0.2, -0.15) is 0 Å². The lowest BCUT2D eigenvalue weighted by Gasteiger charge is -2.11. The summed E-state index contributed by atoms with van der Waals surface area (Å²) in [4.78, 5) is 11.3. The molecule has 0 saturated heterocycles. The van der Waals surface area contributed by atoms with Crippen LogP contribution in [-0.2, 0) is 10.0 Å². The second kappa shape index (κ2) is 5.57. The van der Waals surface area contributed by atoms with Crippen LogP contribution in [0.15, 0.2) is 47.4 Å². The molecule has 2 rings (SSSR count). The fourth-order valence-corrected chi connectivity index (χ4v) is 2.92. The van der Waals surface area contributed by atoms with E-state index in [9.17, 15) is 13.2 Å². The SMILES string of the molecule is Cc1ccc(S(=O)(=O)Nc2ccc(C)cc2C(=O)O)cc1. The highest BCUT2D eigenvalue weighted by Gasteiger charge is 2.18. The zero-order valence-corrected chi connectivity index (χ0v) is 12.4. The van der Waals surface area contributed by atoms with Gasteiger partial charge in [-0.1, -0.05) is 29.3 Å². The molecule has 2 N–H and O–H groups in total. The quantitative estimate of drug-likeness (QED) is 0.909. The number of sulfonamides is 1. The van der Waals surface area contributed by atoms with Crippen LogP contribution in [-0.4, -0.2) is 19.5 Å². The molecule has 6 heteroatoms. The minimum Gasteiger partial charge on any atom is -0.478 e. The van der Waals surface area contributed by atoms with Gasteiger partial charge in [-0.25, -0.2) is 13.2 Å². The molecule has 21 heavy (non-hydrogen) atoms. The molecule has 5 nitrogen and oxygen atoms in total. The summed E-state index contributed by atoms with van der Waals surface area (Å²) in [7, 11) is -3.81. The number of carboxylic acids is 1. The lowest BCUT2D eigenvalue weighted by atomic mass is 10.1. The monoisotopic (exact) mass is 305 g/mol. The molecule has 0 heterocycles. The van der Waals surface area contributed by atoms with Crippen molar-refractivity contribution in [3.63, 3.8) is 0 Å². The van der Waals surface area contributed by atoms with Gasteiger partial charge in [-0.3, -0.25) is 4.72 Å². The van der Waals surface area contributed by atoms with Gasteiger partial charge < -0.3 is 5.11 Å². The van der Waals surface area contributed by atoms with E-state index < -0.39 is 16.0 Å². The Morgan fingerprint density at radius 3 is 2.14 bits per heavy atom. The molecular weight excluding hydrogens is 290 g/mol. The molecule has 0 aromatic heterocycles. The van der Waals surface area contributed by atoms with Gasteiger partial charge in [0.15, 0.2) is 0 Å². The van der Waals surface area contributed by atoms with Crippen molar-refractivity contribution < 1.29 is 18.3 Å². The lowest BCUT2D eigenvalue weighted by molar-refractivity contribution is 0.0698. The van der Waals surface area contributed by atoms with E-state index >= 15 is 0 Å². The van der Waals surface area contributed by atoms with Crippen molar-refractivity contribution in [2.75, 3.05) is 4.72 Å². The van der Waals surface area contributed by atoms with Crippen LogP contribution in [0.25, 0.3) is 0 Å². The average Bonchev–Trinajstić information content (AvgIpc) is 2.41. The smallest absolute Gasteiger partial charge is 0.337 e. The van der Waals surface area contributed by atoms with E-state index in [-0.39, 0.29) is 16.1 Å². The van der Waals surface area contributed by atoms with E-state index in [4.69, 9.17) is 5.11 Å². The maximum Gasteiger partial charge on any atom is 0.337 e. The van der Waals surface area contributed by atoms with Gasteiger partial charge in [-0.05, 0) is 38.1 Å². The highest BCUT2D eigenvalue weighted by Crippen LogP contribution is 2.21. The van der Waals surface area contributed by atoms with Crippen LogP contribution in [0.1, 0.15) is 21.5 Å². The first-order valence-corrected chi connectivity index (χ1v) is 7.71. The molecule has 0 amide bonds. The zero-order chi connectivity index (χ0) is 15.6. The van der Waals surface area contributed by atoms with Crippen LogP contribution in [0.2, 0.25) is 0 Å². The van der Waals surface area contributed by atoms with Gasteiger partial charge in [-0.15, -0.1) is 0 Å². The third kappa shape index (κ3) is 3.41. The van der Waals surface area contributed by atoms with Crippen molar-refractivity contribution in [1.82, 2.24) is 0 Å². The van der Waals surface area contributed by atoms with Crippen LogP contribution in [0.3, 0.4) is 0 Å². The fraction of sp³-hybridized carbons (Fsp3) is 0.133. The second-order valence-electron chi connectivity index (χ2n) is 4.77. The molecule has 2 aromatic carbocycles. The van der Waals surface area contributed by atoms with Crippen LogP contribution in [0.5, 0.6) is 0 Å². The number of aromatic carboxylic acids is 1. The molecule has 0 aliphatic heterocycles. The predicted molar refractivity (Wildman–Crippen MR) is 80.1 cm³/mol. The van der Waals surface area contributed by atoms with Crippen molar-refractivity contribution >= 4 is 21.7 Å². The summed E-state index contributed by atoms with van der Waals surface area (Å²) in [6, 6.07) is 10.8. The first kappa shape index (κ1) is 15.1. The minimum atomic E-state index is -3.81. The number of hydrogen-bond acceptors (Lipinski definition) is 3. The lowest BCUT2D eigenvalue weighted by Crippen LogP contribution is -2.15. The number of hydrogen-bond donors (Lipinski definition) is 2. The Hall–Kier alpha value is -2.34. The Kier molecular flexibility index (Phi) is 3.99. The Labute approximate surface area is 123 Å². The number of benzene rings is 2. The Morgan fingerprint density at radius 2 is 1.57 bits per heavy atom. The molecule has 0 atom stereocenters. The Bertz CT molecular complexity index is 780. The van der Waals surface area contributed by atoms with Gasteiger partial charge in [0, 0.05) is 0 Å². The second-order valence-corrected chi connectivity index (χ2v) is 6.46. The van der Waals surface area contributed by atoms with E-state index in [2.05, 4.69) is 4.72 Å². The maximum atomic E-state index is 12.3. The summed E-state index contributed by atoms with van der Waals surface area (Å²) >= 11 is 0.